The summed E-state index contributed by atoms with van der Waals surface area (Å²) in [5.41, 5.74) is 2.15. The minimum Gasteiger partial charge on any atom is -0.496 e. The number of methoxy groups -OCH3 is 1. The summed E-state index contributed by atoms with van der Waals surface area (Å²) in [5.74, 6) is 0.208. The lowest BCUT2D eigenvalue weighted by Gasteiger charge is -2.18. The number of likely N-dealkylation sites (tertiary alicyclic amines) is 1. The molecule has 1 saturated heterocycles. The molecule has 2 fully saturated rings. The Morgan fingerprint density at radius 2 is 2.14 bits per heavy atom. The van der Waals surface area contributed by atoms with Crippen LogP contribution in [0, 0.1) is 5.92 Å². The van der Waals surface area contributed by atoms with Gasteiger partial charge in [0.15, 0.2) is 0 Å². The van der Waals surface area contributed by atoms with Gasteiger partial charge in [-0.2, -0.15) is 11.3 Å². The first-order valence-electron chi connectivity index (χ1n) is 9.76. The molecule has 0 radical (unpaired) electrons. The Balaban J connectivity index is 1.40. The standard InChI is InChI=1S/C21H24ClN3O3S/c1-28-19-9-18(24-20(26)14-2-3-14)17(22)8-16(19)21(27)23-15-4-6-25(11-15)10-13-5-7-29-12-13/h5,7-9,12,14-15H,2-4,6,10-11H2,1H3,(H,23,27)(H,24,26). The van der Waals surface area contributed by atoms with Gasteiger partial charge in [-0.3, -0.25) is 14.5 Å². The van der Waals surface area contributed by atoms with Crippen LogP contribution in [0.2, 0.25) is 5.02 Å². The SMILES string of the molecule is COc1cc(NC(=O)C2CC2)c(Cl)cc1C(=O)NC1CCN(Cc2ccsc2)C1. The Morgan fingerprint density at radius 1 is 1.31 bits per heavy atom. The smallest absolute Gasteiger partial charge is 0.255 e. The molecule has 0 bridgehead atoms. The molecule has 2 amide bonds. The van der Waals surface area contributed by atoms with E-state index >= 15 is 0 Å². The maximum atomic E-state index is 12.9. The summed E-state index contributed by atoms with van der Waals surface area (Å²) in [7, 11) is 1.50. The van der Waals surface area contributed by atoms with E-state index in [1.807, 2.05) is 0 Å². The van der Waals surface area contributed by atoms with Gasteiger partial charge in [-0.1, -0.05) is 11.6 Å². The van der Waals surface area contributed by atoms with Crippen molar-refractivity contribution in [3.05, 3.63) is 45.1 Å². The molecule has 2 aromatic rings. The molecule has 4 rings (SSSR count). The van der Waals surface area contributed by atoms with Gasteiger partial charge in [0, 0.05) is 37.7 Å². The Hall–Kier alpha value is -2.09. The monoisotopic (exact) mass is 433 g/mol. The first-order valence-corrected chi connectivity index (χ1v) is 11.1. The number of halogens is 1. The third kappa shape index (κ3) is 4.91. The van der Waals surface area contributed by atoms with Crippen LogP contribution in [0.25, 0.3) is 0 Å². The molecule has 2 heterocycles. The van der Waals surface area contributed by atoms with Crippen molar-refractivity contribution in [3.63, 3.8) is 0 Å². The zero-order chi connectivity index (χ0) is 20.4. The fraction of sp³-hybridized carbons (Fsp3) is 0.429. The van der Waals surface area contributed by atoms with E-state index in [9.17, 15) is 9.59 Å². The van der Waals surface area contributed by atoms with Crippen LogP contribution >= 0.6 is 22.9 Å². The molecule has 1 aliphatic carbocycles. The van der Waals surface area contributed by atoms with Crippen LogP contribution in [0.4, 0.5) is 5.69 Å². The molecule has 1 aliphatic heterocycles. The van der Waals surface area contributed by atoms with Crippen LogP contribution in [0.1, 0.15) is 35.2 Å². The van der Waals surface area contributed by atoms with Crippen LogP contribution in [-0.4, -0.2) is 43.0 Å². The average molecular weight is 434 g/mol. The minimum atomic E-state index is -0.216. The van der Waals surface area contributed by atoms with Gasteiger partial charge < -0.3 is 15.4 Å². The highest BCUT2D eigenvalue weighted by Gasteiger charge is 2.30. The molecule has 8 heteroatoms. The second kappa shape index (κ2) is 8.73. The first kappa shape index (κ1) is 20.2. The van der Waals surface area contributed by atoms with Gasteiger partial charge in [-0.25, -0.2) is 0 Å². The number of benzene rings is 1. The van der Waals surface area contributed by atoms with Crippen molar-refractivity contribution in [1.29, 1.82) is 0 Å². The summed E-state index contributed by atoms with van der Waals surface area (Å²) in [6, 6.07) is 5.40. The van der Waals surface area contributed by atoms with Crippen molar-refractivity contribution < 1.29 is 14.3 Å². The summed E-state index contributed by atoms with van der Waals surface area (Å²) in [6.45, 7) is 2.67. The highest BCUT2D eigenvalue weighted by atomic mass is 35.5. The van der Waals surface area contributed by atoms with E-state index in [-0.39, 0.29) is 23.8 Å². The Kier molecular flexibility index (Phi) is 6.08. The van der Waals surface area contributed by atoms with Crippen molar-refractivity contribution >= 4 is 40.4 Å². The number of ether oxygens (including phenoxy) is 1. The van der Waals surface area contributed by atoms with Crippen molar-refractivity contribution in [2.45, 2.75) is 31.8 Å². The van der Waals surface area contributed by atoms with Crippen molar-refractivity contribution in [2.24, 2.45) is 5.92 Å². The predicted octanol–water partition coefficient (Wildman–Crippen LogP) is 3.76. The van der Waals surface area contributed by atoms with Gasteiger partial charge >= 0.3 is 0 Å². The van der Waals surface area contributed by atoms with Crippen LogP contribution in [0.15, 0.2) is 29.0 Å². The van der Waals surface area contributed by atoms with E-state index in [1.165, 1.54) is 12.7 Å². The molecule has 0 spiro atoms. The maximum Gasteiger partial charge on any atom is 0.255 e. The first-order chi connectivity index (χ1) is 14.0. The summed E-state index contributed by atoms with van der Waals surface area (Å²) in [4.78, 5) is 27.2. The van der Waals surface area contributed by atoms with Crippen LogP contribution < -0.4 is 15.4 Å². The number of anilines is 1. The zero-order valence-corrected chi connectivity index (χ0v) is 17.8. The van der Waals surface area contributed by atoms with Crippen LogP contribution in [0.3, 0.4) is 0 Å². The largest absolute Gasteiger partial charge is 0.496 e. The number of carbonyl (C=O) groups is 2. The summed E-state index contributed by atoms with van der Waals surface area (Å²) >= 11 is 8.03. The van der Waals surface area contributed by atoms with Crippen LogP contribution in [-0.2, 0) is 11.3 Å². The Labute approximate surface area is 179 Å². The highest BCUT2D eigenvalue weighted by molar-refractivity contribution is 7.07. The summed E-state index contributed by atoms with van der Waals surface area (Å²) in [6.07, 6.45) is 2.72. The quantitative estimate of drug-likeness (QED) is 0.697. The molecule has 29 heavy (non-hydrogen) atoms. The van der Waals surface area contributed by atoms with Crippen molar-refractivity contribution in [2.75, 3.05) is 25.5 Å². The predicted molar refractivity (Wildman–Crippen MR) is 115 cm³/mol. The molecule has 1 aromatic heterocycles. The van der Waals surface area contributed by atoms with E-state index in [0.717, 1.165) is 38.9 Å². The van der Waals surface area contributed by atoms with Gasteiger partial charge in [0.05, 0.1) is 23.4 Å². The number of hydrogen-bond acceptors (Lipinski definition) is 5. The van der Waals surface area contributed by atoms with Gasteiger partial charge in [-0.05, 0) is 47.7 Å². The van der Waals surface area contributed by atoms with E-state index in [1.54, 1.807) is 23.5 Å². The molecular weight excluding hydrogens is 410 g/mol. The van der Waals surface area contributed by atoms with E-state index in [2.05, 4.69) is 32.4 Å². The second-order valence-corrected chi connectivity index (χ2v) is 8.81. The van der Waals surface area contributed by atoms with E-state index in [4.69, 9.17) is 16.3 Å². The van der Waals surface area contributed by atoms with Crippen molar-refractivity contribution in [1.82, 2.24) is 10.2 Å². The molecule has 1 saturated carbocycles. The fourth-order valence-corrected chi connectivity index (χ4v) is 4.44. The zero-order valence-electron chi connectivity index (χ0n) is 16.2. The number of carbonyl (C=O) groups excluding carboxylic acids is 2. The van der Waals surface area contributed by atoms with E-state index < -0.39 is 0 Å². The molecule has 2 aliphatic rings. The third-order valence-corrected chi connectivity index (χ3v) is 6.38. The third-order valence-electron chi connectivity index (χ3n) is 5.33. The summed E-state index contributed by atoms with van der Waals surface area (Å²) < 4.78 is 5.40. The number of nitrogens with one attached hydrogen (secondary N) is 2. The normalized spacial score (nSPS) is 19.2. The maximum absolute atomic E-state index is 12.9. The van der Waals surface area contributed by atoms with Gasteiger partial charge in [0.1, 0.15) is 5.75 Å². The number of rotatable bonds is 7. The number of hydrogen-bond donors (Lipinski definition) is 2. The molecule has 2 N–H and O–H groups in total. The van der Waals surface area contributed by atoms with Gasteiger partial charge in [-0.15, -0.1) is 0 Å². The minimum absolute atomic E-state index is 0.0391. The molecule has 1 aromatic carbocycles. The number of thiophene rings is 1. The second-order valence-electron chi connectivity index (χ2n) is 7.62. The van der Waals surface area contributed by atoms with Gasteiger partial charge in [0.2, 0.25) is 5.91 Å². The summed E-state index contributed by atoms with van der Waals surface area (Å²) in [5, 5.41) is 10.5. The fourth-order valence-electron chi connectivity index (χ4n) is 3.57. The number of nitrogens with zero attached hydrogens (tertiary/aromatic N) is 1. The van der Waals surface area contributed by atoms with Crippen molar-refractivity contribution in [3.8, 4) is 5.75 Å². The van der Waals surface area contributed by atoms with E-state index in [0.29, 0.717) is 22.0 Å². The van der Waals surface area contributed by atoms with Gasteiger partial charge in [0.25, 0.3) is 5.91 Å². The molecular formula is C21H24ClN3O3S. The Morgan fingerprint density at radius 3 is 2.83 bits per heavy atom. The lowest BCUT2D eigenvalue weighted by Crippen LogP contribution is -2.37. The molecule has 1 unspecified atom stereocenters. The molecule has 154 valence electrons. The highest BCUT2D eigenvalue weighted by Crippen LogP contribution is 2.34. The lowest BCUT2D eigenvalue weighted by molar-refractivity contribution is -0.117. The topological polar surface area (TPSA) is 70.7 Å². The Bertz CT molecular complexity index is 899. The number of amides is 2. The molecule has 1 atom stereocenters. The molecule has 6 nitrogen and oxygen atoms in total. The lowest BCUT2D eigenvalue weighted by atomic mass is 10.1. The van der Waals surface area contributed by atoms with Crippen LogP contribution in [0.5, 0.6) is 5.75 Å². The average Bonchev–Trinajstić information content (AvgIpc) is 3.28.